The zero-order valence-corrected chi connectivity index (χ0v) is 6.31. The first kappa shape index (κ1) is 5.78. The second-order valence-corrected chi connectivity index (χ2v) is 3.02. The number of hydrogen-bond acceptors (Lipinski definition) is 2. The van der Waals surface area contributed by atoms with Crippen LogP contribution < -0.4 is 5.32 Å². The van der Waals surface area contributed by atoms with Gasteiger partial charge in [-0.3, -0.25) is 0 Å². The fourth-order valence-corrected chi connectivity index (χ4v) is 1.12. The molecule has 0 amide bonds. The van der Waals surface area contributed by atoms with Gasteiger partial charge in [-0.2, -0.15) is 0 Å². The summed E-state index contributed by atoms with van der Waals surface area (Å²) in [5.41, 5.74) is 0. The number of halogens is 1. The van der Waals surface area contributed by atoms with Gasteiger partial charge in [0.1, 0.15) is 0 Å². The Labute approximate surface area is 57.8 Å². The molecule has 0 bridgehead atoms. The van der Waals surface area contributed by atoms with Crippen molar-refractivity contribution in [1.29, 1.82) is 0 Å². The van der Waals surface area contributed by atoms with Gasteiger partial charge in [0, 0.05) is 49.0 Å². The maximum absolute atomic E-state index is 3.27. The Morgan fingerprint density at radius 2 is 1.86 bits per heavy atom. The van der Waals surface area contributed by atoms with E-state index in [2.05, 4.69) is 31.3 Å². The molecule has 3 heteroatoms. The first-order valence-corrected chi connectivity index (χ1v) is 3.47. The van der Waals surface area contributed by atoms with Crippen molar-refractivity contribution in [2.24, 2.45) is 0 Å². The fraction of sp³-hybridized carbons (Fsp3) is 1.00. The third-order valence-electron chi connectivity index (χ3n) is 1.06. The molecular formula is C4H9IN2. The van der Waals surface area contributed by atoms with E-state index < -0.39 is 0 Å². The summed E-state index contributed by atoms with van der Waals surface area (Å²) in [4.78, 5) is 0. The molecular weight excluding hydrogens is 203 g/mol. The Bertz CT molecular complexity index is 51.7. The Kier molecular flexibility index (Phi) is 2.34. The Balaban J connectivity index is 2.12. The molecule has 1 heterocycles. The van der Waals surface area contributed by atoms with Crippen LogP contribution in [0.2, 0.25) is 0 Å². The van der Waals surface area contributed by atoms with Crippen molar-refractivity contribution in [3.8, 4) is 0 Å². The smallest absolute Gasteiger partial charge is 0.0207 e. The highest BCUT2D eigenvalue weighted by molar-refractivity contribution is 14.1. The average Bonchev–Trinajstić information content (AvgIpc) is 1.69. The molecule has 1 rings (SSSR count). The number of piperazine rings is 1. The number of nitrogens with zero attached hydrogens (tertiary/aromatic N) is 1. The lowest BCUT2D eigenvalue weighted by molar-refractivity contribution is 0.423. The van der Waals surface area contributed by atoms with Gasteiger partial charge in [-0.25, -0.2) is 3.11 Å². The minimum Gasteiger partial charge on any atom is -0.314 e. The van der Waals surface area contributed by atoms with Gasteiger partial charge < -0.3 is 5.32 Å². The second kappa shape index (κ2) is 2.84. The monoisotopic (exact) mass is 212 g/mol. The molecule has 0 atom stereocenters. The van der Waals surface area contributed by atoms with Crippen LogP contribution in [0.1, 0.15) is 0 Å². The van der Waals surface area contributed by atoms with E-state index in [1.54, 1.807) is 0 Å². The molecule has 0 aromatic rings. The molecule has 1 N–H and O–H groups in total. The molecule has 0 radical (unpaired) electrons. The van der Waals surface area contributed by atoms with Gasteiger partial charge >= 0.3 is 0 Å². The molecule has 0 aromatic carbocycles. The van der Waals surface area contributed by atoms with E-state index in [1.807, 2.05) is 0 Å². The summed E-state index contributed by atoms with van der Waals surface area (Å²) in [6, 6.07) is 0. The summed E-state index contributed by atoms with van der Waals surface area (Å²) < 4.78 is 2.30. The quantitative estimate of drug-likeness (QED) is 0.457. The highest BCUT2D eigenvalue weighted by Gasteiger charge is 2.02. The van der Waals surface area contributed by atoms with Crippen molar-refractivity contribution >= 4 is 22.9 Å². The van der Waals surface area contributed by atoms with Gasteiger partial charge in [0.25, 0.3) is 0 Å². The third kappa shape index (κ3) is 1.92. The van der Waals surface area contributed by atoms with Crippen LogP contribution in [0.15, 0.2) is 0 Å². The molecule has 1 fully saturated rings. The lowest BCUT2D eigenvalue weighted by Gasteiger charge is -2.19. The van der Waals surface area contributed by atoms with Crippen molar-refractivity contribution in [3.63, 3.8) is 0 Å². The molecule has 7 heavy (non-hydrogen) atoms. The average molecular weight is 212 g/mol. The minimum atomic E-state index is 1.16. The molecule has 1 aliphatic rings. The zero-order valence-electron chi connectivity index (χ0n) is 4.15. The molecule has 1 aliphatic heterocycles. The highest BCUT2D eigenvalue weighted by atomic mass is 127. The summed E-state index contributed by atoms with van der Waals surface area (Å²) in [5, 5.41) is 3.27. The molecule has 1 saturated heterocycles. The highest BCUT2D eigenvalue weighted by Crippen LogP contribution is 1.97. The number of nitrogens with one attached hydrogen (secondary N) is 1. The van der Waals surface area contributed by atoms with Gasteiger partial charge in [0.05, 0.1) is 0 Å². The van der Waals surface area contributed by atoms with Crippen LogP contribution in [0, 0.1) is 0 Å². The molecule has 0 spiro atoms. The maximum Gasteiger partial charge on any atom is 0.0207 e. The Morgan fingerprint density at radius 3 is 2.14 bits per heavy atom. The van der Waals surface area contributed by atoms with Crippen LogP contribution >= 0.6 is 22.9 Å². The topological polar surface area (TPSA) is 15.3 Å². The van der Waals surface area contributed by atoms with Gasteiger partial charge in [-0.05, 0) is 0 Å². The van der Waals surface area contributed by atoms with Crippen molar-refractivity contribution in [2.75, 3.05) is 26.2 Å². The summed E-state index contributed by atoms with van der Waals surface area (Å²) in [6.07, 6.45) is 0. The van der Waals surface area contributed by atoms with E-state index in [4.69, 9.17) is 0 Å². The summed E-state index contributed by atoms with van der Waals surface area (Å²) in [5.74, 6) is 0. The van der Waals surface area contributed by atoms with Crippen LogP contribution in [0.4, 0.5) is 0 Å². The van der Waals surface area contributed by atoms with Gasteiger partial charge in [0.2, 0.25) is 0 Å². The lowest BCUT2D eigenvalue weighted by Crippen LogP contribution is -2.37. The van der Waals surface area contributed by atoms with E-state index in [0.29, 0.717) is 0 Å². The van der Waals surface area contributed by atoms with Gasteiger partial charge in [-0.15, -0.1) is 0 Å². The van der Waals surface area contributed by atoms with Crippen molar-refractivity contribution in [1.82, 2.24) is 8.43 Å². The van der Waals surface area contributed by atoms with Crippen molar-refractivity contribution in [3.05, 3.63) is 0 Å². The number of rotatable bonds is 0. The molecule has 42 valence electrons. The van der Waals surface area contributed by atoms with E-state index in [0.717, 1.165) is 13.1 Å². The summed E-state index contributed by atoms with van der Waals surface area (Å²) >= 11 is 2.35. The van der Waals surface area contributed by atoms with Crippen LogP contribution in [-0.2, 0) is 0 Å². The zero-order chi connectivity index (χ0) is 5.11. The first-order chi connectivity index (χ1) is 3.39. The number of hydrogen-bond donors (Lipinski definition) is 1. The molecule has 2 nitrogen and oxygen atoms in total. The van der Waals surface area contributed by atoms with E-state index in [1.165, 1.54) is 13.1 Å². The molecule has 0 aliphatic carbocycles. The van der Waals surface area contributed by atoms with E-state index >= 15 is 0 Å². The van der Waals surface area contributed by atoms with Crippen LogP contribution in [-0.4, -0.2) is 29.3 Å². The third-order valence-corrected chi connectivity index (χ3v) is 2.03. The predicted molar refractivity (Wildman–Crippen MR) is 38.5 cm³/mol. The van der Waals surface area contributed by atoms with Crippen molar-refractivity contribution in [2.45, 2.75) is 0 Å². The second-order valence-electron chi connectivity index (χ2n) is 1.66. The molecule has 0 saturated carbocycles. The van der Waals surface area contributed by atoms with Gasteiger partial charge in [-0.1, -0.05) is 0 Å². The van der Waals surface area contributed by atoms with E-state index in [-0.39, 0.29) is 0 Å². The molecule has 0 unspecified atom stereocenters. The van der Waals surface area contributed by atoms with Crippen molar-refractivity contribution < 1.29 is 0 Å². The van der Waals surface area contributed by atoms with Gasteiger partial charge in [0.15, 0.2) is 0 Å². The van der Waals surface area contributed by atoms with E-state index in [9.17, 15) is 0 Å². The summed E-state index contributed by atoms with van der Waals surface area (Å²) in [6.45, 7) is 4.70. The Morgan fingerprint density at radius 1 is 1.29 bits per heavy atom. The van der Waals surface area contributed by atoms with Crippen LogP contribution in [0.25, 0.3) is 0 Å². The summed E-state index contributed by atoms with van der Waals surface area (Å²) in [7, 11) is 0. The van der Waals surface area contributed by atoms with Crippen LogP contribution in [0.3, 0.4) is 0 Å². The van der Waals surface area contributed by atoms with Crippen LogP contribution in [0.5, 0.6) is 0 Å². The Hall–Kier alpha value is 0.650. The molecule has 0 aromatic heterocycles. The maximum atomic E-state index is 3.27. The minimum absolute atomic E-state index is 1.16. The predicted octanol–water partition coefficient (Wildman–Crippen LogP) is 0.242. The largest absolute Gasteiger partial charge is 0.314 e. The first-order valence-electron chi connectivity index (χ1n) is 2.51. The SMILES string of the molecule is IN1CCNCC1. The fourth-order valence-electron chi connectivity index (χ4n) is 0.638. The normalized spacial score (nSPS) is 25.3. The standard InChI is InChI=1S/C4H9IN2/c5-7-3-1-6-2-4-7/h6H,1-4H2. The lowest BCUT2D eigenvalue weighted by atomic mass is 10.4.